The third kappa shape index (κ3) is 2.66. The first kappa shape index (κ1) is 13.3. The van der Waals surface area contributed by atoms with E-state index in [0.717, 1.165) is 32.5 Å². The third-order valence-corrected chi connectivity index (χ3v) is 3.81. The van der Waals surface area contributed by atoms with Crippen LogP contribution in [0.25, 0.3) is 0 Å². The molecule has 0 aromatic heterocycles. The number of rotatable bonds is 1. The van der Waals surface area contributed by atoms with Crippen LogP contribution in [0, 0.1) is 0 Å². The molecule has 2 aliphatic rings. The quantitative estimate of drug-likeness (QED) is 0.726. The number of nitrogens with one attached hydrogen (secondary N) is 1. The highest BCUT2D eigenvalue weighted by Crippen LogP contribution is 2.20. The summed E-state index contributed by atoms with van der Waals surface area (Å²) in [6.45, 7) is 7.94. The summed E-state index contributed by atoms with van der Waals surface area (Å²) in [7, 11) is 0. The lowest BCUT2D eigenvalue weighted by Gasteiger charge is -2.38. The molecule has 5 heteroatoms. The summed E-state index contributed by atoms with van der Waals surface area (Å²) in [5.41, 5.74) is 0. The Morgan fingerprint density at radius 2 is 1.78 bits per heavy atom. The van der Waals surface area contributed by atoms with Gasteiger partial charge in [-0.15, -0.1) is 0 Å². The van der Waals surface area contributed by atoms with Crippen LogP contribution in [0.4, 0.5) is 0 Å². The van der Waals surface area contributed by atoms with E-state index in [1.807, 2.05) is 4.90 Å². The third-order valence-electron chi connectivity index (χ3n) is 3.81. The Balaban J connectivity index is 2.04. The Labute approximate surface area is 108 Å². The molecular weight excluding hydrogens is 230 g/mol. The molecule has 18 heavy (non-hydrogen) atoms. The van der Waals surface area contributed by atoms with Gasteiger partial charge in [0.05, 0.1) is 0 Å². The van der Waals surface area contributed by atoms with Gasteiger partial charge in [0.15, 0.2) is 0 Å². The van der Waals surface area contributed by atoms with E-state index in [4.69, 9.17) is 0 Å². The van der Waals surface area contributed by atoms with Gasteiger partial charge in [-0.05, 0) is 26.7 Å². The second-order valence-electron chi connectivity index (χ2n) is 5.58. The van der Waals surface area contributed by atoms with Crippen molar-refractivity contribution in [2.45, 2.75) is 51.7 Å². The van der Waals surface area contributed by atoms with Gasteiger partial charge in [-0.2, -0.15) is 0 Å². The summed E-state index contributed by atoms with van der Waals surface area (Å²) in [6, 6.07) is 0.426. The number of carbonyl (C=O) groups is 2. The highest BCUT2D eigenvalue weighted by molar-refractivity contribution is 5.87. The van der Waals surface area contributed by atoms with Gasteiger partial charge >= 0.3 is 0 Å². The maximum atomic E-state index is 12.5. The molecule has 102 valence electrons. The molecule has 0 saturated carbocycles. The number of piperazine rings is 1. The van der Waals surface area contributed by atoms with E-state index in [2.05, 4.69) is 19.2 Å². The summed E-state index contributed by atoms with van der Waals surface area (Å²) in [6.07, 6.45) is 1.75. The van der Waals surface area contributed by atoms with Gasteiger partial charge in [-0.3, -0.25) is 9.59 Å². The molecule has 0 spiro atoms. The molecule has 2 aliphatic heterocycles. The molecular formula is C13H23N3O2. The van der Waals surface area contributed by atoms with Crippen LogP contribution in [0.15, 0.2) is 0 Å². The molecule has 2 rings (SSSR count). The van der Waals surface area contributed by atoms with Crippen molar-refractivity contribution in [2.24, 2.45) is 0 Å². The molecule has 2 saturated heterocycles. The highest BCUT2D eigenvalue weighted by Gasteiger charge is 2.36. The van der Waals surface area contributed by atoms with Gasteiger partial charge in [0.2, 0.25) is 11.8 Å². The van der Waals surface area contributed by atoms with Crippen molar-refractivity contribution in [1.29, 1.82) is 0 Å². The number of carbonyl (C=O) groups excluding carboxylic acids is 2. The Kier molecular flexibility index (Phi) is 3.90. The minimum absolute atomic E-state index is 0.0158. The Hall–Kier alpha value is -1.10. The van der Waals surface area contributed by atoms with Crippen LogP contribution in [-0.2, 0) is 9.59 Å². The van der Waals surface area contributed by atoms with Crippen LogP contribution < -0.4 is 5.32 Å². The van der Waals surface area contributed by atoms with Crippen LogP contribution in [-0.4, -0.2) is 59.4 Å². The lowest BCUT2D eigenvalue weighted by atomic mass is 10.1. The number of hydrogen-bond donors (Lipinski definition) is 1. The first-order valence-corrected chi connectivity index (χ1v) is 6.81. The predicted octanol–water partition coefficient (Wildman–Crippen LogP) is 0.206. The molecule has 0 radical (unpaired) electrons. The Morgan fingerprint density at radius 3 is 2.33 bits per heavy atom. The van der Waals surface area contributed by atoms with Crippen molar-refractivity contribution in [3.63, 3.8) is 0 Å². The summed E-state index contributed by atoms with van der Waals surface area (Å²) in [4.78, 5) is 27.7. The van der Waals surface area contributed by atoms with Crippen LogP contribution in [0.2, 0.25) is 0 Å². The van der Waals surface area contributed by atoms with Crippen LogP contribution in [0.3, 0.4) is 0 Å². The number of hydrogen-bond acceptors (Lipinski definition) is 3. The molecule has 3 atom stereocenters. The zero-order valence-electron chi connectivity index (χ0n) is 11.5. The van der Waals surface area contributed by atoms with Gasteiger partial charge in [0, 0.05) is 38.6 Å². The largest absolute Gasteiger partial charge is 0.338 e. The van der Waals surface area contributed by atoms with Gasteiger partial charge in [0.1, 0.15) is 6.04 Å². The van der Waals surface area contributed by atoms with Gasteiger partial charge < -0.3 is 15.1 Å². The zero-order valence-corrected chi connectivity index (χ0v) is 11.5. The van der Waals surface area contributed by atoms with Gasteiger partial charge in [-0.1, -0.05) is 0 Å². The number of likely N-dealkylation sites (tertiary alicyclic amines) is 1. The summed E-state index contributed by atoms with van der Waals surface area (Å²) < 4.78 is 0. The van der Waals surface area contributed by atoms with E-state index in [9.17, 15) is 9.59 Å². The topological polar surface area (TPSA) is 52.7 Å². The van der Waals surface area contributed by atoms with E-state index in [-0.39, 0.29) is 17.9 Å². The van der Waals surface area contributed by atoms with Gasteiger partial charge in [0.25, 0.3) is 0 Å². The van der Waals surface area contributed by atoms with Crippen molar-refractivity contribution < 1.29 is 9.59 Å². The maximum absolute atomic E-state index is 12.5. The average molecular weight is 253 g/mol. The van der Waals surface area contributed by atoms with Crippen molar-refractivity contribution in [3.05, 3.63) is 0 Å². The maximum Gasteiger partial charge on any atom is 0.245 e. The van der Waals surface area contributed by atoms with Crippen LogP contribution in [0.5, 0.6) is 0 Å². The normalized spacial score (nSPS) is 32.7. The smallest absolute Gasteiger partial charge is 0.245 e. The van der Waals surface area contributed by atoms with Crippen LogP contribution >= 0.6 is 0 Å². The van der Waals surface area contributed by atoms with Crippen molar-refractivity contribution in [2.75, 3.05) is 19.6 Å². The molecule has 2 heterocycles. The monoisotopic (exact) mass is 253 g/mol. The fourth-order valence-corrected chi connectivity index (χ4v) is 3.12. The molecule has 0 aromatic rings. The van der Waals surface area contributed by atoms with E-state index in [1.165, 1.54) is 0 Å². The molecule has 0 unspecified atom stereocenters. The highest BCUT2D eigenvalue weighted by atomic mass is 16.2. The summed E-state index contributed by atoms with van der Waals surface area (Å²) >= 11 is 0. The second-order valence-corrected chi connectivity index (χ2v) is 5.58. The zero-order chi connectivity index (χ0) is 13.3. The van der Waals surface area contributed by atoms with E-state index in [1.54, 1.807) is 11.8 Å². The molecule has 0 bridgehead atoms. The SMILES string of the molecule is CC(=O)N1CCC[C@@H]1C(=O)N1C[C@@H](C)N[C@@H](C)C1. The van der Waals surface area contributed by atoms with Crippen molar-refractivity contribution in [3.8, 4) is 0 Å². The summed E-state index contributed by atoms with van der Waals surface area (Å²) in [5, 5.41) is 3.41. The molecule has 2 fully saturated rings. The standard InChI is InChI=1S/C13H23N3O2/c1-9-7-15(8-10(2)14-9)13(18)12-5-4-6-16(12)11(3)17/h9-10,12,14H,4-8H2,1-3H3/t9-,10+,12-/m1/s1. The van der Waals surface area contributed by atoms with Crippen molar-refractivity contribution >= 4 is 11.8 Å². The lowest BCUT2D eigenvalue weighted by Crippen LogP contribution is -2.59. The fraction of sp³-hybridized carbons (Fsp3) is 0.846. The lowest BCUT2D eigenvalue weighted by molar-refractivity contribution is -0.144. The summed E-state index contributed by atoms with van der Waals surface area (Å²) in [5.74, 6) is 0.144. The molecule has 2 amide bonds. The van der Waals surface area contributed by atoms with E-state index in [0.29, 0.717) is 12.1 Å². The fourth-order valence-electron chi connectivity index (χ4n) is 3.12. The average Bonchev–Trinajstić information content (AvgIpc) is 2.75. The molecule has 1 N–H and O–H groups in total. The number of amides is 2. The molecule has 0 aromatic carbocycles. The second kappa shape index (κ2) is 5.26. The van der Waals surface area contributed by atoms with E-state index >= 15 is 0 Å². The van der Waals surface area contributed by atoms with E-state index < -0.39 is 0 Å². The first-order chi connectivity index (χ1) is 8.49. The Bertz CT molecular complexity index is 335. The first-order valence-electron chi connectivity index (χ1n) is 6.81. The minimum Gasteiger partial charge on any atom is -0.338 e. The number of nitrogens with zero attached hydrogens (tertiary/aromatic N) is 2. The Morgan fingerprint density at radius 1 is 1.17 bits per heavy atom. The van der Waals surface area contributed by atoms with Crippen LogP contribution in [0.1, 0.15) is 33.6 Å². The molecule has 5 nitrogen and oxygen atoms in total. The predicted molar refractivity (Wildman–Crippen MR) is 69.0 cm³/mol. The van der Waals surface area contributed by atoms with Crippen molar-refractivity contribution in [1.82, 2.24) is 15.1 Å². The van der Waals surface area contributed by atoms with Gasteiger partial charge in [-0.25, -0.2) is 0 Å². The molecule has 0 aliphatic carbocycles. The minimum atomic E-state index is -0.222.